The van der Waals surface area contributed by atoms with Gasteiger partial charge in [0.2, 0.25) is 0 Å². The molecule has 4 heteroatoms. The zero-order valence-corrected chi connectivity index (χ0v) is 12.3. The fourth-order valence-electron chi connectivity index (χ4n) is 1.54. The molecule has 2 rings (SSSR count). The van der Waals surface area contributed by atoms with Crippen LogP contribution in [-0.4, -0.2) is 9.97 Å². The number of halogens is 1. The van der Waals surface area contributed by atoms with Gasteiger partial charge in [0.25, 0.3) is 0 Å². The second kappa shape index (κ2) is 5.72. The molecule has 18 heavy (non-hydrogen) atoms. The Bertz CT molecular complexity index is 570. The summed E-state index contributed by atoms with van der Waals surface area (Å²) in [6.07, 6.45) is 0.793. The Labute approximate surface area is 117 Å². The molecular formula is C14H15ClN2S. The largest absolute Gasteiger partial charge is 0.226 e. The maximum Gasteiger partial charge on any atom is 0.136 e. The molecule has 1 aromatic heterocycles. The molecule has 0 aliphatic heterocycles. The van der Waals surface area contributed by atoms with Gasteiger partial charge in [0.1, 0.15) is 16.0 Å². The van der Waals surface area contributed by atoms with E-state index in [1.807, 2.05) is 26.0 Å². The molecule has 0 fully saturated rings. The lowest BCUT2D eigenvalue weighted by Crippen LogP contribution is -1.98. The Morgan fingerprint density at radius 2 is 1.89 bits per heavy atom. The smallest absolute Gasteiger partial charge is 0.136 e. The van der Waals surface area contributed by atoms with Crippen molar-refractivity contribution in [3.63, 3.8) is 0 Å². The molecule has 0 aliphatic carbocycles. The summed E-state index contributed by atoms with van der Waals surface area (Å²) in [7, 11) is 0. The summed E-state index contributed by atoms with van der Waals surface area (Å²) >= 11 is 7.79. The fourth-order valence-corrected chi connectivity index (χ4v) is 2.77. The van der Waals surface area contributed by atoms with E-state index in [0.717, 1.165) is 22.8 Å². The van der Waals surface area contributed by atoms with E-state index in [0.29, 0.717) is 5.15 Å². The second-order valence-corrected chi connectivity index (χ2v) is 5.47. The molecule has 0 saturated carbocycles. The van der Waals surface area contributed by atoms with Crippen molar-refractivity contribution >= 4 is 23.4 Å². The summed E-state index contributed by atoms with van der Waals surface area (Å²) in [6.45, 7) is 6.09. The van der Waals surface area contributed by atoms with Crippen LogP contribution in [0.5, 0.6) is 0 Å². The first-order valence-electron chi connectivity index (χ1n) is 5.88. The van der Waals surface area contributed by atoms with Gasteiger partial charge in [-0.1, -0.05) is 48.5 Å². The number of aryl methyl sites for hydroxylation is 2. The van der Waals surface area contributed by atoms with Crippen molar-refractivity contribution in [2.24, 2.45) is 0 Å². The van der Waals surface area contributed by atoms with E-state index in [1.54, 1.807) is 11.8 Å². The van der Waals surface area contributed by atoms with Gasteiger partial charge in [0.15, 0.2) is 0 Å². The molecule has 0 aliphatic rings. The number of aromatic nitrogens is 2. The van der Waals surface area contributed by atoms with E-state index in [2.05, 4.69) is 29.0 Å². The molecule has 0 N–H and O–H groups in total. The monoisotopic (exact) mass is 278 g/mol. The van der Waals surface area contributed by atoms with Crippen LogP contribution in [0.25, 0.3) is 0 Å². The van der Waals surface area contributed by atoms with Crippen LogP contribution in [-0.2, 0) is 6.42 Å². The number of hydrogen-bond acceptors (Lipinski definition) is 3. The standard InChI is InChI=1S/C14H15ClN2S/c1-4-12-16-13(15)10(3)14(17-12)18-11-8-6-5-7-9(11)2/h5-8H,4H2,1-3H3. The molecule has 0 saturated heterocycles. The highest BCUT2D eigenvalue weighted by molar-refractivity contribution is 7.99. The van der Waals surface area contributed by atoms with Crippen molar-refractivity contribution in [3.8, 4) is 0 Å². The Hall–Kier alpha value is -1.06. The van der Waals surface area contributed by atoms with Crippen molar-refractivity contribution in [2.45, 2.75) is 37.1 Å². The molecule has 2 nitrogen and oxygen atoms in total. The highest BCUT2D eigenvalue weighted by Crippen LogP contribution is 2.32. The number of benzene rings is 1. The Balaban J connectivity index is 2.40. The van der Waals surface area contributed by atoms with Crippen LogP contribution >= 0.6 is 23.4 Å². The molecule has 94 valence electrons. The topological polar surface area (TPSA) is 25.8 Å². The van der Waals surface area contributed by atoms with Gasteiger partial charge in [-0.05, 0) is 25.5 Å². The number of nitrogens with zero attached hydrogens (tertiary/aromatic N) is 2. The van der Waals surface area contributed by atoms with Gasteiger partial charge in [0.05, 0.1) is 0 Å². The third-order valence-corrected chi connectivity index (χ3v) is 4.34. The molecule has 0 amide bonds. The molecule has 0 bridgehead atoms. The van der Waals surface area contributed by atoms with Gasteiger partial charge in [-0.25, -0.2) is 9.97 Å². The van der Waals surface area contributed by atoms with Gasteiger partial charge >= 0.3 is 0 Å². The van der Waals surface area contributed by atoms with Crippen molar-refractivity contribution in [2.75, 3.05) is 0 Å². The van der Waals surface area contributed by atoms with E-state index >= 15 is 0 Å². The van der Waals surface area contributed by atoms with Crippen LogP contribution in [0.15, 0.2) is 34.2 Å². The van der Waals surface area contributed by atoms with E-state index in [9.17, 15) is 0 Å². The van der Waals surface area contributed by atoms with Crippen molar-refractivity contribution in [3.05, 3.63) is 46.4 Å². The highest BCUT2D eigenvalue weighted by atomic mass is 35.5. The van der Waals surface area contributed by atoms with Gasteiger partial charge in [-0.3, -0.25) is 0 Å². The van der Waals surface area contributed by atoms with Crippen molar-refractivity contribution < 1.29 is 0 Å². The third-order valence-electron chi connectivity index (χ3n) is 2.70. The molecule has 1 aromatic carbocycles. The predicted octanol–water partition coefficient (Wildman–Crippen LogP) is 4.46. The van der Waals surface area contributed by atoms with Crippen LogP contribution in [0.3, 0.4) is 0 Å². The summed E-state index contributed by atoms with van der Waals surface area (Å²) in [5, 5.41) is 1.50. The van der Waals surface area contributed by atoms with Gasteiger partial charge in [0, 0.05) is 16.9 Å². The van der Waals surface area contributed by atoms with E-state index < -0.39 is 0 Å². The summed E-state index contributed by atoms with van der Waals surface area (Å²) in [4.78, 5) is 10.0. The lowest BCUT2D eigenvalue weighted by Gasteiger charge is -2.09. The minimum absolute atomic E-state index is 0.554. The Kier molecular flexibility index (Phi) is 4.25. The highest BCUT2D eigenvalue weighted by Gasteiger charge is 2.10. The van der Waals surface area contributed by atoms with Gasteiger partial charge < -0.3 is 0 Å². The molecule has 0 spiro atoms. The lowest BCUT2D eigenvalue weighted by molar-refractivity contribution is 0.871. The van der Waals surface area contributed by atoms with Crippen molar-refractivity contribution in [1.82, 2.24) is 9.97 Å². The molecule has 1 heterocycles. The predicted molar refractivity (Wildman–Crippen MR) is 76.5 cm³/mol. The average Bonchev–Trinajstić information content (AvgIpc) is 2.37. The van der Waals surface area contributed by atoms with Gasteiger partial charge in [-0.15, -0.1) is 0 Å². The Morgan fingerprint density at radius 3 is 2.56 bits per heavy atom. The van der Waals surface area contributed by atoms with E-state index in [4.69, 9.17) is 11.6 Å². The summed E-state index contributed by atoms with van der Waals surface area (Å²) < 4.78 is 0. The van der Waals surface area contributed by atoms with Crippen LogP contribution in [0.1, 0.15) is 23.9 Å². The van der Waals surface area contributed by atoms with Crippen LogP contribution in [0, 0.1) is 13.8 Å². The SMILES string of the molecule is CCc1nc(Cl)c(C)c(Sc2ccccc2C)n1. The quantitative estimate of drug-likeness (QED) is 0.775. The first-order chi connectivity index (χ1) is 8.61. The van der Waals surface area contributed by atoms with Crippen LogP contribution in [0.4, 0.5) is 0 Å². The first-order valence-corrected chi connectivity index (χ1v) is 7.07. The van der Waals surface area contributed by atoms with Gasteiger partial charge in [-0.2, -0.15) is 0 Å². The molecule has 2 aromatic rings. The third kappa shape index (κ3) is 2.85. The van der Waals surface area contributed by atoms with Crippen molar-refractivity contribution in [1.29, 1.82) is 0 Å². The first kappa shape index (κ1) is 13.4. The second-order valence-electron chi connectivity index (χ2n) is 4.08. The summed E-state index contributed by atoms with van der Waals surface area (Å²) in [6, 6.07) is 8.27. The van der Waals surface area contributed by atoms with Crippen LogP contribution in [0.2, 0.25) is 5.15 Å². The Morgan fingerprint density at radius 1 is 1.17 bits per heavy atom. The molecule has 0 radical (unpaired) electrons. The summed E-state index contributed by atoms with van der Waals surface area (Å²) in [5.41, 5.74) is 2.19. The van der Waals surface area contributed by atoms with E-state index in [1.165, 1.54) is 10.5 Å². The summed E-state index contributed by atoms with van der Waals surface area (Å²) in [5.74, 6) is 0.793. The minimum Gasteiger partial charge on any atom is -0.226 e. The van der Waals surface area contributed by atoms with Crippen LogP contribution < -0.4 is 0 Å². The molecule has 0 atom stereocenters. The number of hydrogen-bond donors (Lipinski definition) is 0. The fraction of sp³-hybridized carbons (Fsp3) is 0.286. The molecular weight excluding hydrogens is 264 g/mol. The normalized spacial score (nSPS) is 10.7. The zero-order chi connectivity index (χ0) is 13.1. The maximum absolute atomic E-state index is 6.14. The average molecular weight is 279 g/mol. The maximum atomic E-state index is 6.14. The molecule has 0 unspecified atom stereocenters. The van der Waals surface area contributed by atoms with E-state index in [-0.39, 0.29) is 0 Å². The lowest BCUT2D eigenvalue weighted by atomic mass is 10.2. The minimum atomic E-state index is 0.554. The zero-order valence-electron chi connectivity index (χ0n) is 10.7. The number of rotatable bonds is 3.